The van der Waals surface area contributed by atoms with E-state index in [2.05, 4.69) is 20.6 Å². The van der Waals surface area contributed by atoms with Crippen molar-refractivity contribution in [1.29, 1.82) is 0 Å². The van der Waals surface area contributed by atoms with Crippen molar-refractivity contribution >= 4 is 5.91 Å². The molecule has 2 heterocycles. The summed E-state index contributed by atoms with van der Waals surface area (Å²) in [6.45, 7) is 8.17. The van der Waals surface area contributed by atoms with Gasteiger partial charge in [0.25, 0.3) is 5.91 Å². The molecule has 1 atom stereocenters. The third-order valence-corrected chi connectivity index (χ3v) is 3.23. The molecule has 0 aliphatic rings. The molecule has 0 saturated heterocycles. The van der Waals surface area contributed by atoms with Crippen LogP contribution in [0.25, 0.3) is 0 Å². The van der Waals surface area contributed by atoms with Crippen LogP contribution in [0.2, 0.25) is 0 Å². The van der Waals surface area contributed by atoms with Gasteiger partial charge in [-0.1, -0.05) is 12.1 Å². The molecule has 7 heteroatoms. The molecule has 2 aromatic rings. The van der Waals surface area contributed by atoms with E-state index in [1.165, 1.54) is 6.33 Å². The summed E-state index contributed by atoms with van der Waals surface area (Å²) in [5.74, 6) is 1.08. The topological polar surface area (TPSA) is 85.8 Å². The minimum absolute atomic E-state index is 0.182. The highest BCUT2D eigenvalue weighted by atomic mass is 16.5. The van der Waals surface area contributed by atoms with Crippen molar-refractivity contribution in [2.24, 2.45) is 0 Å². The molecule has 0 aliphatic carbocycles. The minimum Gasteiger partial charge on any atom is -0.361 e. The van der Waals surface area contributed by atoms with Crippen molar-refractivity contribution in [3.8, 4) is 0 Å². The quantitative estimate of drug-likeness (QED) is 0.900. The second-order valence-electron chi connectivity index (χ2n) is 4.57. The van der Waals surface area contributed by atoms with Crippen molar-refractivity contribution in [3.05, 3.63) is 29.2 Å². The van der Waals surface area contributed by atoms with Crippen molar-refractivity contribution in [2.75, 3.05) is 0 Å². The van der Waals surface area contributed by atoms with Gasteiger partial charge in [0.1, 0.15) is 23.5 Å². The Bertz CT molecular complexity index is 582. The van der Waals surface area contributed by atoms with Gasteiger partial charge >= 0.3 is 0 Å². The summed E-state index contributed by atoms with van der Waals surface area (Å²) in [5, 5.41) is 10.9. The maximum absolute atomic E-state index is 12.3. The van der Waals surface area contributed by atoms with E-state index in [0.29, 0.717) is 23.6 Å². The fraction of sp³-hybridized carbons (Fsp3) is 0.538. The summed E-state index contributed by atoms with van der Waals surface area (Å²) in [5.41, 5.74) is 1.08. The number of carbonyl (C=O) groups excluding carboxylic acids is 1. The molecule has 0 radical (unpaired) electrons. The van der Waals surface area contributed by atoms with Gasteiger partial charge in [0.2, 0.25) is 0 Å². The maximum atomic E-state index is 12.3. The smallest absolute Gasteiger partial charge is 0.257 e. The number of carbonyl (C=O) groups is 1. The zero-order valence-corrected chi connectivity index (χ0v) is 12.2. The molecule has 108 valence electrons. The van der Waals surface area contributed by atoms with Crippen molar-refractivity contribution in [3.63, 3.8) is 0 Å². The molecule has 2 rings (SSSR count). The van der Waals surface area contributed by atoms with Crippen LogP contribution >= 0.6 is 0 Å². The number of rotatable bonds is 5. The molecule has 0 bridgehead atoms. The van der Waals surface area contributed by atoms with Crippen molar-refractivity contribution in [1.82, 2.24) is 25.2 Å². The average Bonchev–Trinajstić information content (AvgIpc) is 3.02. The molecule has 1 amide bonds. The predicted octanol–water partition coefficient (Wildman–Crippen LogP) is 1.78. The van der Waals surface area contributed by atoms with Gasteiger partial charge in [-0.25, -0.2) is 9.67 Å². The highest BCUT2D eigenvalue weighted by molar-refractivity contribution is 5.96. The zero-order chi connectivity index (χ0) is 14.7. The Morgan fingerprint density at radius 2 is 2.20 bits per heavy atom. The highest BCUT2D eigenvalue weighted by Gasteiger charge is 2.23. The third-order valence-electron chi connectivity index (χ3n) is 3.23. The Kier molecular flexibility index (Phi) is 4.16. The lowest BCUT2D eigenvalue weighted by molar-refractivity contribution is 0.0930. The maximum Gasteiger partial charge on any atom is 0.257 e. The van der Waals surface area contributed by atoms with Crippen LogP contribution in [0.15, 0.2) is 10.9 Å². The van der Waals surface area contributed by atoms with Crippen LogP contribution in [-0.4, -0.2) is 25.8 Å². The molecule has 0 aliphatic heterocycles. The van der Waals surface area contributed by atoms with E-state index in [1.807, 2.05) is 13.8 Å². The first-order chi connectivity index (χ1) is 9.58. The molecule has 0 unspecified atom stereocenters. The largest absolute Gasteiger partial charge is 0.361 e. The fourth-order valence-electron chi connectivity index (χ4n) is 2.17. The molecule has 0 spiro atoms. The lowest BCUT2D eigenvalue weighted by Crippen LogP contribution is -2.31. The number of aryl methyl sites for hydroxylation is 3. The van der Waals surface area contributed by atoms with Gasteiger partial charge in [0, 0.05) is 6.54 Å². The van der Waals surface area contributed by atoms with Crippen LogP contribution in [0.1, 0.15) is 53.9 Å². The number of aromatic nitrogens is 4. The van der Waals surface area contributed by atoms with Crippen LogP contribution in [0.4, 0.5) is 0 Å². The standard InChI is InChI=1S/C13H19N5O2/c1-5-10(12-14-7-15-18(12)6-2)16-13(19)11-8(3)17-20-9(11)4/h7,10H,5-6H2,1-4H3,(H,16,19)/t10-/m1/s1. The number of hydrogen-bond donors (Lipinski definition) is 1. The summed E-state index contributed by atoms with van der Waals surface area (Å²) >= 11 is 0. The van der Waals surface area contributed by atoms with E-state index in [9.17, 15) is 4.79 Å². The first kappa shape index (κ1) is 14.2. The monoisotopic (exact) mass is 277 g/mol. The van der Waals surface area contributed by atoms with Gasteiger partial charge in [0.05, 0.1) is 11.7 Å². The molecule has 0 saturated carbocycles. The average molecular weight is 277 g/mol. The Labute approximate surface area is 117 Å². The van der Waals surface area contributed by atoms with Gasteiger partial charge in [-0.15, -0.1) is 0 Å². The Balaban J connectivity index is 2.21. The van der Waals surface area contributed by atoms with Crippen molar-refractivity contribution in [2.45, 2.75) is 46.7 Å². The lowest BCUT2D eigenvalue weighted by Gasteiger charge is -2.16. The third kappa shape index (κ3) is 2.56. The van der Waals surface area contributed by atoms with E-state index in [1.54, 1.807) is 18.5 Å². The summed E-state index contributed by atoms with van der Waals surface area (Å²) in [6.07, 6.45) is 2.23. The molecule has 2 aromatic heterocycles. The van der Waals surface area contributed by atoms with E-state index < -0.39 is 0 Å². The first-order valence-electron chi connectivity index (χ1n) is 6.69. The van der Waals surface area contributed by atoms with Gasteiger partial charge in [-0.2, -0.15) is 5.10 Å². The molecule has 0 fully saturated rings. The summed E-state index contributed by atoms with van der Waals surface area (Å²) in [7, 11) is 0. The lowest BCUT2D eigenvalue weighted by atomic mass is 10.1. The second kappa shape index (κ2) is 5.85. The summed E-state index contributed by atoms with van der Waals surface area (Å²) in [6, 6.07) is -0.182. The minimum atomic E-state index is -0.196. The van der Waals surface area contributed by atoms with Crippen LogP contribution in [0.3, 0.4) is 0 Å². The van der Waals surface area contributed by atoms with Crippen molar-refractivity contribution < 1.29 is 9.32 Å². The molecule has 20 heavy (non-hydrogen) atoms. The van der Waals surface area contributed by atoms with Gasteiger partial charge in [-0.3, -0.25) is 4.79 Å². The van der Waals surface area contributed by atoms with Crippen LogP contribution < -0.4 is 5.32 Å². The molecule has 7 nitrogen and oxygen atoms in total. The van der Waals surface area contributed by atoms with Crippen LogP contribution in [-0.2, 0) is 6.54 Å². The molecule has 0 aromatic carbocycles. The van der Waals surface area contributed by atoms with E-state index in [0.717, 1.165) is 12.2 Å². The van der Waals surface area contributed by atoms with E-state index in [4.69, 9.17) is 4.52 Å². The summed E-state index contributed by atoms with van der Waals surface area (Å²) < 4.78 is 6.80. The highest BCUT2D eigenvalue weighted by Crippen LogP contribution is 2.17. The van der Waals surface area contributed by atoms with E-state index >= 15 is 0 Å². The number of nitrogens with zero attached hydrogens (tertiary/aromatic N) is 4. The second-order valence-corrected chi connectivity index (χ2v) is 4.57. The normalized spacial score (nSPS) is 12.4. The number of amides is 1. The molecule has 1 N–H and O–H groups in total. The van der Waals surface area contributed by atoms with Gasteiger partial charge < -0.3 is 9.84 Å². The Hall–Kier alpha value is -2.18. The Morgan fingerprint density at radius 1 is 1.45 bits per heavy atom. The number of hydrogen-bond acceptors (Lipinski definition) is 5. The predicted molar refractivity (Wildman–Crippen MR) is 72.2 cm³/mol. The SMILES string of the molecule is CC[C@@H](NC(=O)c1c(C)noc1C)c1ncnn1CC. The fourth-order valence-corrected chi connectivity index (χ4v) is 2.17. The van der Waals surface area contributed by atoms with Crippen LogP contribution in [0, 0.1) is 13.8 Å². The van der Waals surface area contributed by atoms with Crippen LogP contribution in [0.5, 0.6) is 0 Å². The Morgan fingerprint density at radius 3 is 2.75 bits per heavy atom. The summed E-state index contributed by atoms with van der Waals surface area (Å²) in [4.78, 5) is 16.6. The first-order valence-corrected chi connectivity index (χ1v) is 6.69. The molecular formula is C13H19N5O2. The van der Waals surface area contributed by atoms with E-state index in [-0.39, 0.29) is 11.9 Å². The molecular weight excluding hydrogens is 258 g/mol. The van der Waals surface area contributed by atoms with Gasteiger partial charge in [0.15, 0.2) is 0 Å². The number of nitrogens with one attached hydrogen (secondary N) is 1. The van der Waals surface area contributed by atoms with Gasteiger partial charge in [-0.05, 0) is 27.2 Å². The zero-order valence-electron chi connectivity index (χ0n) is 12.2.